The number of rotatable bonds is 11. The largest absolute Gasteiger partial charge is 0.476 e. The summed E-state index contributed by atoms with van der Waals surface area (Å²) in [6.45, 7) is 9.14. The second-order valence-electron chi connectivity index (χ2n) is 8.89. The van der Waals surface area contributed by atoms with Crippen LogP contribution in [0.1, 0.15) is 55.7 Å². The monoisotopic (exact) mass is 528 g/mol. The zero-order valence-electron chi connectivity index (χ0n) is 21.5. The highest BCUT2D eigenvalue weighted by Crippen LogP contribution is 2.36. The number of nitrogens with zero attached hydrogens (tertiary/aromatic N) is 2. The highest BCUT2D eigenvalue weighted by molar-refractivity contribution is 7.89. The molecule has 198 valence electrons. The number of hydrogen-bond acceptors (Lipinski definition) is 6. The number of anilines is 1. The molecule has 0 saturated carbocycles. The summed E-state index contributed by atoms with van der Waals surface area (Å²) in [5, 5.41) is 16.6. The number of carboxylic acid groups (broad SMARTS) is 1. The third kappa shape index (κ3) is 6.36. The van der Waals surface area contributed by atoms with Crippen LogP contribution in [0.2, 0.25) is 0 Å². The SMILES string of the molecule is CCC(=O)Nc1ccc(Oc2c(C)c(C(=O)O)nn2-c2ccccc2CC)c(S(=O)(=O)NCC(C)C)c1. The Labute approximate surface area is 216 Å². The summed E-state index contributed by atoms with van der Waals surface area (Å²) in [6, 6.07) is 11.6. The molecule has 0 radical (unpaired) electrons. The molecule has 0 aliphatic carbocycles. The van der Waals surface area contributed by atoms with E-state index in [0.717, 1.165) is 5.56 Å². The van der Waals surface area contributed by atoms with E-state index in [1.54, 1.807) is 26.0 Å². The van der Waals surface area contributed by atoms with Crippen LogP contribution in [-0.2, 0) is 21.2 Å². The van der Waals surface area contributed by atoms with Gasteiger partial charge in [0.05, 0.1) is 5.69 Å². The summed E-state index contributed by atoms with van der Waals surface area (Å²) in [6.07, 6.45) is 0.876. The van der Waals surface area contributed by atoms with Crippen LogP contribution in [0.25, 0.3) is 5.69 Å². The third-order valence-electron chi connectivity index (χ3n) is 5.60. The Bertz CT molecular complexity index is 1410. The van der Waals surface area contributed by atoms with Gasteiger partial charge in [-0.2, -0.15) is 9.78 Å². The minimum absolute atomic E-state index is 0.0408. The van der Waals surface area contributed by atoms with Crippen LogP contribution in [0.3, 0.4) is 0 Å². The zero-order chi connectivity index (χ0) is 27.3. The maximum Gasteiger partial charge on any atom is 0.356 e. The first-order valence-corrected chi connectivity index (χ1v) is 13.5. The molecule has 0 fully saturated rings. The van der Waals surface area contributed by atoms with Gasteiger partial charge in [-0.15, -0.1) is 0 Å². The van der Waals surface area contributed by atoms with Crippen LogP contribution < -0.4 is 14.8 Å². The molecule has 0 bridgehead atoms. The number of carbonyl (C=O) groups excluding carboxylic acids is 1. The molecule has 1 amide bonds. The van der Waals surface area contributed by atoms with Gasteiger partial charge in [0.25, 0.3) is 0 Å². The number of nitrogens with one attached hydrogen (secondary N) is 2. The van der Waals surface area contributed by atoms with Gasteiger partial charge in [0.1, 0.15) is 10.6 Å². The molecular formula is C26H32N4O6S. The lowest BCUT2D eigenvalue weighted by atomic mass is 10.1. The van der Waals surface area contributed by atoms with Crippen LogP contribution >= 0.6 is 0 Å². The lowest BCUT2D eigenvalue weighted by Gasteiger charge is -2.17. The smallest absolute Gasteiger partial charge is 0.356 e. The van der Waals surface area contributed by atoms with E-state index in [0.29, 0.717) is 12.1 Å². The van der Waals surface area contributed by atoms with Crippen LogP contribution in [0, 0.1) is 12.8 Å². The van der Waals surface area contributed by atoms with E-state index in [9.17, 15) is 23.1 Å². The Balaban J connectivity index is 2.19. The summed E-state index contributed by atoms with van der Waals surface area (Å²) in [7, 11) is -4.06. The molecule has 3 rings (SSSR count). The fourth-order valence-corrected chi connectivity index (χ4v) is 4.94. The van der Waals surface area contributed by atoms with Crippen molar-refractivity contribution < 1.29 is 27.9 Å². The zero-order valence-corrected chi connectivity index (χ0v) is 22.3. The van der Waals surface area contributed by atoms with Gasteiger partial charge >= 0.3 is 5.97 Å². The summed E-state index contributed by atoms with van der Waals surface area (Å²) in [4.78, 5) is 23.6. The predicted molar refractivity (Wildman–Crippen MR) is 140 cm³/mol. The first-order chi connectivity index (χ1) is 17.5. The molecule has 11 heteroatoms. The van der Waals surface area contributed by atoms with E-state index in [4.69, 9.17) is 4.74 Å². The number of aromatic carboxylic acids is 1. The van der Waals surface area contributed by atoms with Crippen LogP contribution in [0.15, 0.2) is 47.4 Å². The van der Waals surface area contributed by atoms with Crippen LogP contribution in [-0.4, -0.2) is 41.7 Å². The summed E-state index contributed by atoms with van der Waals surface area (Å²) < 4.78 is 36.7. The maximum absolute atomic E-state index is 13.3. The number of aryl methyl sites for hydroxylation is 1. The van der Waals surface area contributed by atoms with Crippen molar-refractivity contribution in [2.24, 2.45) is 5.92 Å². The molecule has 37 heavy (non-hydrogen) atoms. The van der Waals surface area contributed by atoms with Gasteiger partial charge in [-0.1, -0.05) is 45.9 Å². The van der Waals surface area contributed by atoms with E-state index < -0.39 is 16.0 Å². The highest BCUT2D eigenvalue weighted by atomic mass is 32.2. The standard InChI is InChI=1S/C26H32N4O6S/c1-6-18-10-8-9-11-20(18)30-25(17(5)24(29-30)26(32)33)36-21-13-12-19(28-23(31)7-2)14-22(21)37(34,35)27-15-16(3)4/h8-14,16,27H,6-7,15H2,1-5H3,(H,28,31)(H,32,33). The van der Waals surface area contributed by atoms with E-state index >= 15 is 0 Å². The molecule has 0 spiro atoms. The average Bonchev–Trinajstić information content (AvgIpc) is 3.19. The Morgan fingerprint density at radius 3 is 2.46 bits per heavy atom. The van der Waals surface area contributed by atoms with E-state index in [1.165, 1.54) is 22.9 Å². The van der Waals surface area contributed by atoms with Gasteiger partial charge in [-0.3, -0.25) is 4.79 Å². The number of carboxylic acids is 1. The summed E-state index contributed by atoms with van der Waals surface area (Å²) in [5.74, 6) is -1.43. The lowest BCUT2D eigenvalue weighted by Crippen LogP contribution is -2.28. The summed E-state index contributed by atoms with van der Waals surface area (Å²) >= 11 is 0. The first-order valence-electron chi connectivity index (χ1n) is 12.0. The van der Waals surface area contributed by atoms with Crippen molar-refractivity contribution in [2.75, 3.05) is 11.9 Å². The molecular weight excluding hydrogens is 496 g/mol. The molecule has 3 N–H and O–H groups in total. The molecule has 10 nitrogen and oxygen atoms in total. The molecule has 0 aliphatic heterocycles. The molecule has 3 aromatic rings. The lowest BCUT2D eigenvalue weighted by molar-refractivity contribution is -0.115. The molecule has 0 saturated heterocycles. The van der Waals surface area contributed by atoms with Crippen molar-refractivity contribution in [1.82, 2.24) is 14.5 Å². The minimum Gasteiger partial charge on any atom is -0.476 e. The number of ether oxygens (including phenoxy) is 1. The van der Waals surface area contributed by atoms with Crippen molar-refractivity contribution in [3.63, 3.8) is 0 Å². The van der Waals surface area contributed by atoms with E-state index in [-0.39, 0.29) is 58.3 Å². The van der Waals surface area contributed by atoms with Gasteiger partial charge in [-0.05, 0) is 49.1 Å². The third-order valence-corrected chi connectivity index (χ3v) is 7.04. The molecule has 1 aromatic heterocycles. The summed E-state index contributed by atoms with van der Waals surface area (Å²) in [5.41, 5.74) is 1.83. The topological polar surface area (TPSA) is 140 Å². The molecule has 0 atom stereocenters. The van der Waals surface area contributed by atoms with Gasteiger partial charge < -0.3 is 15.2 Å². The minimum atomic E-state index is -4.06. The number of amides is 1. The van der Waals surface area contributed by atoms with Crippen molar-refractivity contribution in [1.29, 1.82) is 0 Å². The average molecular weight is 529 g/mol. The number of sulfonamides is 1. The maximum atomic E-state index is 13.3. The van der Waals surface area contributed by atoms with E-state index in [1.807, 2.05) is 32.9 Å². The van der Waals surface area contributed by atoms with Crippen LogP contribution in [0.5, 0.6) is 11.6 Å². The van der Waals surface area contributed by atoms with E-state index in [2.05, 4.69) is 15.1 Å². The number of benzene rings is 2. The van der Waals surface area contributed by atoms with Gasteiger partial charge in [0.15, 0.2) is 5.69 Å². The second kappa shape index (κ2) is 11.6. The molecule has 1 heterocycles. The number of hydrogen-bond donors (Lipinski definition) is 3. The Morgan fingerprint density at radius 2 is 1.84 bits per heavy atom. The van der Waals surface area contributed by atoms with Crippen molar-refractivity contribution in [3.8, 4) is 17.3 Å². The fraction of sp³-hybridized carbons (Fsp3) is 0.346. The molecule has 0 unspecified atom stereocenters. The predicted octanol–water partition coefficient (Wildman–Crippen LogP) is 4.52. The normalized spacial score (nSPS) is 11.5. The number of carbonyl (C=O) groups is 2. The van der Waals surface area contributed by atoms with Crippen molar-refractivity contribution in [2.45, 2.75) is 52.4 Å². The van der Waals surface area contributed by atoms with Gasteiger partial charge in [0, 0.05) is 24.2 Å². The molecule has 0 aliphatic rings. The van der Waals surface area contributed by atoms with Crippen LogP contribution in [0.4, 0.5) is 5.69 Å². The van der Waals surface area contributed by atoms with Crippen molar-refractivity contribution >= 4 is 27.6 Å². The Morgan fingerprint density at radius 1 is 1.14 bits per heavy atom. The highest BCUT2D eigenvalue weighted by Gasteiger charge is 2.27. The Kier molecular flexibility index (Phi) is 8.72. The van der Waals surface area contributed by atoms with Gasteiger partial charge in [-0.25, -0.2) is 17.9 Å². The molecule has 2 aromatic carbocycles. The van der Waals surface area contributed by atoms with Gasteiger partial charge in [0.2, 0.25) is 21.8 Å². The first kappa shape index (κ1) is 27.9. The number of aromatic nitrogens is 2. The quantitative estimate of drug-likeness (QED) is 0.332. The van der Waals surface area contributed by atoms with Crippen molar-refractivity contribution in [3.05, 3.63) is 59.3 Å². The second-order valence-corrected chi connectivity index (χ2v) is 10.6. The fourth-order valence-electron chi connectivity index (χ4n) is 3.57. The Hall–Kier alpha value is -3.70. The number of para-hydroxylation sites is 1.